The van der Waals surface area contributed by atoms with Crippen LogP contribution < -0.4 is 5.32 Å². The van der Waals surface area contributed by atoms with Crippen molar-refractivity contribution < 1.29 is 14.3 Å². The number of hydrogen-bond acceptors (Lipinski definition) is 3. The van der Waals surface area contributed by atoms with Crippen LogP contribution in [0.3, 0.4) is 0 Å². The highest BCUT2D eigenvalue weighted by Crippen LogP contribution is 2.02. The van der Waals surface area contributed by atoms with E-state index in [1.54, 1.807) is 6.92 Å². The van der Waals surface area contributed by atoms with Crippen molar-refractivity contribution in [3.8, 4) is 0 Å². The van der Waals surface area contributed by atoms with Gasteiger partial charge in [0.2, 0.25) is 5.91 Å². The molecule has 0 bridgehead atoms. The molecule has 4 nitrogen and oxygen atoms in total. The number of rotatable bonds is 9. The average molecular weight is 255 g/mol. The highest BCUT2D eigenvalue weighted by molar-refractivity contribution is 5.91. The van der Waals surface area contributed by atoms with Gasteiger partial charge in [0.25, 0.3) is 0 Å². The zero-order valence-corrected chi connectivity index (χ0v) is 11.8. The first kappa shape index (κ1) is 16.7. The number of unbranched alkanes of at least 4 members (excludes halogenated alkanes) is 3. The van der Waals surface area contributed by atoms with Gasteiger partial charge in [0.15, 0.2) is 0 Å². The molecule has 4 heteroatoms. The third-order valence-corrected chi connectivity index (χ3v) is 2.46. The van der Waals surface area contributed by atoms with Gasteiger partial charge >= 0.3 is 5.97 Å². The summed E-state index contributed by atoms with van der Waals surface area (Å²) < 4.78 is 5.06. The lowest BCUT2D eigenvalue weighted by Gasteiger charge is -2.07. The maximum Gasteiger partial charge on any atom is 0.308 e. The van der Waals surface area contributed by atoms with E-state index in [1.165, 1.54) is 0 Å². The Labute approximate surface area is 110 Å². The summed E-state index contributed by atoms with van der Waals surface area (Å²) in [6, 6.07) is 0. The molecule has 0 atom stereocenters. The van der Waals surface area contributed by atoms with E-state index in [0.717, 1.165) is 25.7 Å². The zero-order chi connectivity index (χ0) is 14.0. The van der Waals surface area contributed by atoms with E-state index in [2.05, 4.69) is 11.9 Å². The number of amides is 1. The summed E-state index contributed by atoms with van der Waals surface area (Å²) in [6.45, 7) is 10.1. The van der Waals surface area contributed by atoms with Crippen molar-refractivity contribution in [2.24, 2.45) is 5.92 Å². The molecule has 104 valence electrons. The molecule has 0 aromatic rings. The standard InChI is InChI=1S/C14H25NO3/c1-11(2)13(16)15-9-7-5-6-8-10-18-14(17)12(3)4/h12H,1,5-10H2,2-4H3,(H,15,16). The molecular weight excluding hydrogens is 230 g/mol. The molecule has 0 unspecified atom stereocenters. The Morgan fingerprint density at radius 1 is 1.17 bits per heavy atom. The van der Waals surface area contributed by atoms with Crippen LogP contribution in [-0.2, 0) is 14.3 Å². The van der Waals surface area contributed by atoms with Crippen LogP contribution in [-0.4, -0.2) is 25.0 Å². The van der Waals surface area contributed by atoms with E-state index in [-0.39, 0.29) is 17.8 Å². The van der Waals surface area contributed by atoms with Gasteiger partial charge in [0, 0.05) is 12.1 Å². The van der Waals surface area contributed by atoms with Gasteiger partial charge in [0.1, 0.15) is 0 Å². The summed E-state index contributed by atoms with van der Waals surface area (Å²) in [7, 11) is 0. The number of carbonyl (C=O) groups is 2. The topological polar surface area (TPSA) is 55.4 Å². The smallest absolute Gasteiger partial charge is 0.308 e. The first-order valence-electron chi connectivity index (χ1n) is 6.55. The lowest BCUT2D eigenvalue weighted by atomic mass is 10.2. The summed E-state index contributed by atoms with van der Waals surface area (Å²) in [5, 5.41) is 2.78. The molecule has 1 N–H and O–H groups in total. The molecular formula is C14H25NO3. The van der Waals surface area contributed by atoms with Gasteiger partial charge in [-0.1, -0.05) is 26.8 Å². The van der Waals surface area contributed by atoms with E-state index < -0.39 is 0 Å². The van der Waals surface area contributed by atoms with Gasteiger partial charge in [-0.15, -0.1) is 0 Å². The highest BCUT2D eigenvalue weighted by atomic mass is 16.5. The molecule has 0 saturated heterocycles. The van der Waals surface area contributed by atoms with E-state index >= 15 is 0 Å². The zero-order valence-electron chi connectivity index (χ0n) is 11.8. The van der Waals surface area contributed by atoms with Crippen LogP contribution in [0.15, 0.2) is 12.2 Å². The Bertz CT molecular complexity index is 285. The van der Waals surface area contributed by atoms with Crippen molar-refractivity contribution in [1.82, 2.24) is 5.32 Å². The van der Waals surface area contributed by atoms with Crippen LogP contribution in [0.4, 0.5) is 0 Å². The maximum absolute atomic E-state index is 11.1. The first-order valence-corrected chi connectivity index (χ1v) is 6.55. The van der Waals surface area contributed by atoms with Crippen LogP contribution in [0.5, 0.6) is 0 Å². The number of carbonyl (C=O) groups excluding carboxylic acids is 2. The molecule has 1 amide bonds. The van der Waals surface area contributed by atoms with Crippen molar-refractivity contribution in [3.05, 3.63) is 12.2 Å². The number of hydrogen-bond donors (Lipinski definition) is 1. The summed E-state index contributed by atoms with van der Waals surface area (Å²) in [5.41, 5.74) is 0.538. The van der Waals surface area contributed by atoms with E-state index in [1.807, 2.05) is 13.8 Å². The Kier molecular flexibility index (Phi) is 8.97. The second-order valence-electron chi connectivity index (χ2n) is 4.77. The molecule has 0 aliphatic carbocycles. The normalized spacial score (nSPS) is 10.2. The largest absolute Gasteiger partial charge is 0.465 e. The maximum atomic E-state index is 11.1. The predicted molar refractivity (Wildman–Crippen MR) is 72.1 cm³/mol. The summed E-state index contributed by atoms with van der Waals surface area (Å²) in [5.74, 6) is -0.271. The minimum absolute atomic E-state index is 0.0534. The van der Waals surface area contributed by atoms with Crippen molar-refractivity contribution in [1.29, 1.82) is 0 Å². The molecule has 18 heavy (non-hydrogen) atoms. The average Bonchev–Trinajstić information content (AvgIpc) is 2.31. The quantitative estimate of drug-likeness (QED) is 0.391. The molecule has 0 fully saturated rings. The molecule has 0 radical (unpaired) electrons. The second kappa shape index (κ2) is 9.68. The Balaban J connectivity index is 3.29. The van der Waals surface area contributed by atoms with Gasteiger partial charge in [-0.2, -0.15) is 0 Å². The fourth-order valence-electron chi connectivity index (χ4n) is 1.27. The fourth-order valence-corrected chi connectivity index (χ4v) is 1.27. The molecule has 0 aliphatic rings. The summed E-state index contributed by atoms with van der Waals surface area (Å²) >= 11 is 0. The Hall–Kier alpha value is -1.32. The van der Waals surface area contributed by atoms with Gasteiger partial charge in [0.05, 0.1) is 12.5 Å². The molecule has 0 aromatic heterocycles. The van der Waals surface area contributed by atoms with E-state index in [4.69, 9.17) is 4.74 Å². The van der Waals surface area contributed by atoms with Gasteiger partial charge < -0.3 is 10.1 Å². The molecule has 0 rings (SSSR count). The van der Waals surface area contributed by atoms with E-state index in [9.17, 15) is 9.59 Å². The summed E-state index contributed by atoms with van der Waals surface area (Å²) in [6.07, 6.45) is 3.86. The molecule has 0 heterocycles. The van der Waals surface area contributed by atoms with Gasteiger partial charge in [-0.3, -0.25) is 9.59 Å². The summed E-state index contributed by atoms with van der Waals surface area (Å²) in [4.78, 5) is 22.3. The molecule has 0 aromatic carbocycles. The van der Waals surface area contributed by atoms with Crippen molar-refractivity contribution >= 4 is 11.9 Å². The van der Waals surface area contributed by atoms with Crippen molar-refractivity contribution in [2.45, 2.75) is 46.5 Å². The fraction of sp³-hybridized carbons (Fsp3) is 0.714. The van der Waals surface area contributed by atoms with Gasteiger partial charge in [-0.05, 0) is 26.2 Å². The number of nitrogens with one attached hydrogen (secondary N) is 1. The van der Waals surface area contributed by atoms with E-state index in [0.29, 0.717) is 18.7 Å². The molecule has 0 saturated carbocycles. The monoisotopic (exact) mass is 255 g/mol. The van der Waals surface area contributed by atoms with Crippen molar-refractivity contribution in [3.63, 3.8) is 0 Å². The minimum Gasteiger partial charge on any atom is -0.465 e. The lowest BCUT2D eigenvalue weighted by Crippen LogP contribution is -2.24. The predicted octanol–water partition coefficient (Wildman–Crippen LogP) is 2.44. The highest BCUT2D eigenvalue weighted by Gasteiger charge is 2.06. The first-order chi connectivity index (χ1) is 8.45. The Morgan fingerprint density at radius 3 is 2.33 bits per heavy atom. The van der Waals surface area contributed by atoms with Crippen LogP contribution in [0.25, 0.3) is 0 Å². The van der Waals surface area contributed by atoms with Gasteiger partial charge in [-0.25, -0.2) is 0 Å². The van der Waals surface area contributed by atoms with Crippen LogP contribution in [0, 0.1) is 5.92 Å². The van der Waals surface area contributed by atoms with Crippen LogP contribution >= 0.6 is 0 Å². The van der Waals surface area contributed by atoms with Crippen LogP contribution in [0.2, 0.25) is 0 Å². The lowest BCUT2D eigenvalue weighted by molar-refractivity contribution is -0.147. The third-order valence-electron chi connectivity index (χ3n) is 2.46. The van der Waals surface area contributed by atoms with Crippen LogP contribution in [0.1, 0.15) is 46.5 Å². The molecule has 0 aliphatic heterocycles. The van der Waals surface area contributed by atoms with Crippen molar-refractivity contribution in [2.75, 3.05) is 13.2 Å². The Morgan fingerprint density at radius 2 is 1.78 bits per heavy atom. The minimum atomic E-state index is -0.135. The number of esters is 1. The second-order valence-corrected chi connectivity index (χ2v) is 4.77. The molecule has 0 spiro atoms. The number of ether oxygens (including phenoxy) is 1. The SMILES string of the molecule is C=C(C)C(=O)NCCCCCCOC(=O)C(C)C. The third kappa shape index (κ3) is 8.79.